The van der Waals surface area contributed by atoms with E-state index in [0.29, 0.717) is 23.7 Å². The standard InChI is InChI=1S/C8H10O3/c1-4-10-7-5(2)8(9)11-6(7)3/h3-4H2,1-2H3. The van der Waals surface area contributed by atoms with Gasteiger partial charge in [-0.1, -0.05) is 6.58 Å². The van der Waals surface area contributed by atoms with Gasteiger partial charge < -0.3 is 9.47 Å². The summed E-state index contributed by atoms with van der Waals surface area (Å²) in [5.74, 6) is 0.435. The lowest BCUT2D eigenvalue weighted by molar-refractivity contribution is -0.133. The third-order valence-electron chi connectivity index (χ3n) is 1.40. The van der Waals surface area contributed by atoms with Crippen LogP contribution in [0.1, 0.15) is 13.8 Å². The highest BCUT2D eigenvalue weighted by molar-refractivity contribution is 5.93. The summed E-state index contributed by atoms with van der Waals surface area (Å²) in [5.41, 5.74) is 0.497. The van der Waals surface area contributed by atoms with Crippen LogP contribution in [0.2, 0.25) is 0 Å². The van der Waals surface area contributed by atoms with Crippen molar-refractivity contribution in [2.45, 2.75) is 13.8 Å². The van der Waals surface area contributed by atoms with Crippen molar-refractivity contribution in [3.8, 4) is 0 Å². The van der Waals surface area contributed by atoms with Gasteiger partial charge in [-0.2, -0.15) is 0 Å². The van der Waals surface area contributed by atoms with Crippen LogP contribution in [-0.2, 0) is 14.3 Å². The molecule has 0 aromatic heterocycles. The Labute approximate surface area is 65.3 Å². The topological polar surface area (TPSA) is 35.5 Å². The summed E-state index contributed by atoms with van der Waals surface area (Å²) >= 11 is 0. The summed E-state index contributed by atoms with van der Waals surface area (Å²) in [5, 5.41) is 0. The summed E-state index contributed by atoms with van der Waals surface area (Å²) in [7, 11) is 0. The highest BCUT2D eigenvalue weighted by Gasteiger charge is 2.26. The van der Waals surface area contributed by atoms with Gasteiger partial charge in [0.2, 0.25) is 0 Å². The molecule has 0 bridgehead atoms. The second-order valence-corrected chi connectivity index (χ2v) is 2.20. The number of ether oxygens (including phenoxy) is 2. The molecule has 0 unspecified atom stereocenters. The lowest BCUT2D eigenvalue weighted by Crippen LogP contribution is -1.94. The zero-order valence-corrected chi connectivity index (χ0v) is 6.64. The van der Waals surface area contributed by atoms with Crippen molar-refractivity contribution in [1.29, 1.82) is 0 Å². The summed E-state index contributed by atoms with van der Waals surface area (Å²) in [6.45, 7) is 7.55. The molecule has 1 aliphatic heterocycles. The zero-order valence-electron chi connectivity index (χ0n) is 6.64. The number of carbonyl (C=O) groups excluding carboxylic acids is 1. The molecule has 1 heterocycles. The highest BCUT2D eigenvalue weighted by Crippen LogP contribution is 2.24. The molecular weight excluding hydrogens is 144 g/mol. The average molecular weight is 154 g/mol. The number of cyclic esters (lactones) is 1. The fourth-order valence-electron chi connectivity index (χ4n) is 0.870. The molecule has 1 rings (SSSR count). The van der Waals surface area contributed by atoms with Crippen LogP contribution in [0.3, 0.4) is 0 Å². The van der Waals surface area contributed by atoms with Crippen molar-refractivity contribution in [3.05, 3.63) is 23.7 Å². The molecule has 0 N–H and O–H groups in total. The van der Waals surface area contributed by atoms with Gasteiger partial charge in [-0.05, 0) is 13.8 Å². The molecule has 3 nitrogen and oxygen atoms in total. The number of esters is 1. The maximum atomic E-state index is 10.8. The predicted molar refractivity (Wildman–Crippen MR) is 39.6 cm³/mol. The quantitative estimate of drug-likeness (QED) is 0.563. The van der Waals surface area contributed by atoms with Gasteiger partial charge >= 0.3 is 5.97 Å². The van der Waals surface area contributed by atoms with Crippen molar-refractivity contribution in [2.24, 2.45) is 0 Å². The first-order chi connectivity index (χ1) is 5.16. The molecule has 3 heteroatoms. The van der Waals surface area contributed by atoms with Crippen LogP contribution in [0.4, 0.5) is 0 Å². The molecule has 0 atom stereocenters. The second-order valence-electron chi connectivity index (χ2n) is 2.20. The Morgan fingerprint density at radius 3 is 2.64 bits per heavy atom. The first-order valence-corrected chi connectivity index (χ1v) is 3.42. The van der Waals surface area contributed by atoms with Crippen LogP contribution in [0.25, 0.3) is 0 Å². The summed E-state index contributed by atoms with van der Waals surface area (Å²) in [6, 6.07) is 0. The zero-order chi connectivity index (χ0) is 8.43. The Bertz CT molecular complexity index is 238. The minimum atomic E-state index is -0.363. The van der Waals surface area contributed by atoms with E-state index in [1.807, 2.05) is 6.92 Å². The van der Waals surface area contributed by atoms with Gasteiger partial charge in [0.25, 0.3) is 0 Å². The Kier molecular flexibility index (Phi) is 1.98. The van der Waals surface area contributed by atoms with Gasteiger partial charge in [-0.3, -0.25) is 0 Å². The van der Waals surface area contributed by atoms with Gasteiger partial charge in [-0.15, -0.1) is 0 Å². The van der Waals surface area contributed by atoms with Crippen LogP contribution >= 0.6 is 0 Å². The Balaban J connectivity index is 2.87. The average Bonchev–Trinajstić information content (AvgIpc) is 2.17. The van der Waals surface area contributed by atoms with Gasteiger partial charge in [-0.25, -0.2) is 4.79 Å². The Hall–Kier alpha value is -1.25. The molecular formula is C8H10O3. The molecule has 0 amide bonds. The van der Waals surface area contributed by atoms with Crippen molar-refractivity contribution in [2.75, 3.05) is 6.61 Å². The lowest BCUT2D eigenvalue weighted by atomic mass is 10.3. The van der Waals surface area contributed by atoms with E-state index in [2.05, 4.69) is 6.58 Å². The van der Waals surface area contributed by atoms with Gasteiger partial charge in [0.05, 0.1) is 12.2 Å². The fourth-order valence-corrected chi connectivity index (χ4v) is 0.870. The van der Waals surface area contributed by atoms with E-state index in [1.54, 1.807) is 6.92 Å². The van der Waals surface area contributed by atoms with E-state index in [-0.39, 0.29) is 5.97 Å². The van der Waals surface area contributed by atoms with Crippen LogP contribution in [0, 0.1) is 0 Å². The molecule has 0 aliphatic carbocycles. The molecule has 0 aromatic carbocycles. The van der Waals surface area contributed by atoms with Gasteiger partial charge in [0, 0.05) is 0 Å². The van der Waals surface area contributed by atoms with E-state index in [0.717, 1.165) is 0 Å². The second kappa shape index (κ2) is 2.78. The van der Waals surface area contributed by atoms with E-state index in [9.17, 15) is 4.79 Å². The number of carbonyl (C=O) groups is 1. The number of hydrogen-bond acceptors (Lipinski definition) is 3. The predicted octanol–water partition coefficient (Wildman–Crippen LogP) is 1.37. The summed E-state index contributed by atoms with van der Waals surface area (Å²) in [4.78, 5) is 10.8. The Morgan fingerprint density at radius 1 is 1.64 bits per heavy atom. The number of hydrogen-bond donors (Lipinski definition) is 0. The van der Waals surface area contributed by atoms with Crippen LogP contribution in [0.15, 0.2) is 23.7 Å². The molecule has 0 fully saturated rings. The lowest BCUT2D eigenvalue weighted by Gasteiger charge is -2.02. The van der Waals surface area contributed by atoms with Gasteiger partial charge in [0.15, 0.2) is 11.5 Å². The van der Waals surface area contributed by atoms with E-state index < -0.39 is 0 Å². The minimum absolute atomic E-state index is 0.314. The molecule has 60 valence electrons. The van der Waals surface area contributed by atoms with Crippen molar-refractivity contribution in [3.63, 3.8) is 0 Å². The summed E-state index contributed by atoms with van der Waals surface area (Å²) in [6.07, 6.45) is 0. The molecule has 0 saturated carbocycles. The Morgan fingerprint density at radius 2 is 2.27 bits per heavy atom. The smallest absolute Gasteiger partial charge is 0.343 e. The normalized spacial score (nSPS) is 17.3. The van der Waals surface area contributed by atoms with Crippen LogP contribution < -0.4 is 0 Å². The van der Waals surface area contributed by atoms with Crippen molar-refractivity contribution >= 4 is 5.97 Å². The fraction of sp³-hybridized carbons (Fsp3) is 0.375. The first-order valence-electron chi connectivity index (χ1n) is 3.42. The molecule has 0 saturated heterocycles. The molecule has 0 spiro atoms. The number of rotatable bonds is 2. The third-order valence-corrected chi connectivity index (χ3v) is 1.40. The SMILES string of the molecule is C=C1OC(=O)C(C)=C1OCC. The van der Waals surface area contributed by atoms with Crippen molar-refractivity contribution in [1.82, 2.24) is 0 Å². The van der Waals surface area contributed by atoms with Gasteiger partial charge in [0.1, 0.15) is 0 Å². The third kappa shape index (κ3) is 1.27. The monoisotopic (exact) mass is 154 g/mol. The minimum Gasteiger partial charge on any atom is -0.489 e. The van der Waals surface area contributed by atoms with E-state index in [4.69, 9.17) is 9.47 Å². The van der Waals surface area contributed by atoms with Crippen molar-refractivity contribution < 1.29 is 14.3 Å². The molecule has 11 heavy (non-hydrogen) atoms. The molecule has 0 radical (unpaired) electrons. The van der Waals surface area contributed by atoms with E-state index in [1.165, 1.54) is 0 Å². The molecule has 1 aliphatic rings. The maximum Gasteiger partial charge on any atom is 0.343 e. The van der Waals surface area contributed by atoms with Crippen LogP contribution in [-0.4, -0.2) is 12.6 Å². The largest absolute Gasteiger partial charge is 0.489 e. The van der Waals surface area contributed by atoms with E-state index >= 15 is 0 Å². The molecule has 0 aromatic rings. The maximum absolute atomic E-state index is 10.8. The summed E-state index contributed by atoms with van der Waals surface area (Å²) < 4.78 is 9.84. The van der Waals surface area contributed by atoms with Crippen LogP contribution in [0.5, 0.6) is 0 Å². The first kappa shape index (κ1) is 7.85. The highest BCUT2D eigenvalue weighted by atomic mass is 16.6.